The largest absolute Gasteiger partial charge is 0.371 e. The van der Waals surface area contributed by atoms with Gasteiger partial charge in [-0.2, -0.15) is 5.26 Å². The topological polar surface area (TPSA) is 27.0 Å². The van der Waals surface area contributed by atoms with E-state index in [0.717, 1.165) is 17.7 Å². The van der Waals surface area contributed by atoms with E-state index in [2.05, 4.69) is 37.8 Å². The monoisotopic (exact) mass is 202 g/mol. The summed E-state index contributed by atoms with van der Waals surface area (Å²) in [6.07, 6.45) is 1.08. The highest BCUT2D eigenvalue weighted by Crippen LogP contribution is 2.22. The first-order chi connectivity index (χ1) is 7.10. The van der Waals surface area contributed by atoms with Crippen molar-refractivity contribution >= 4 is 5.69 Å². The predicted molar refractivity (Wildman–Crippen MR) is 64.1 cm³/mol. The zero-order valence-electron chi connectivity index (χ0n) is 9.91. The van der Waals surface area contributed by atoms with Gasteiger partial charge in [0.2, 0.25) is 0 Å². The van der Waals surface area contributed by atoms with Gasteiger partial charge >= 0.3 is 0 Å². The molecule has 0 fully saturated rings. The van der Waals surface area contributed by atoms with Gasteiger partial charge in [-0.25, -0.2) is 0 Å². The van der Waals surface area contributed by atoms with Gasteiger partial charge in [-0.15, -0.1) is 0 Å². The van der Waals surface area contributed by atoms with Crippen LogP contribution in [-0.4, -0.2) is 13.1 Å². The van der Waals surface area contributed by atoms with Gasteiger partial charge in [-0.3, -0.25) is 0 Å². The fourth-order valence-corrected chi connectivity index (χ4v) is 1.54. The summed E-state index contributed by atoms with van der Waals surface area (Å²) in [7, 11) is 2.05. The van der Waals surface area contributed by atoms with E-state index >= 15 is 0 Å². The van der Waals surface area contributed by atoms with Crippen molar-refractivity contribution in [1.29, 1.82) is 5.26 Å². The molecule has 0 aromatic heterocycles. The molecule has 1 atom stereocenters. The molecule has 0 N–H and O–H groups in total. The summed E-state index contributed by atoms with van der Waals surface area (Å²) in [6, 6.07) is 8.64. The molecule has 80 valence electrons. The Hall–Kier alpha value is -1.49. The first-order valence-electron chi connectivity index (χ1n) is 5.33. The number of aryl methyl sites for hydroxylation is 1. The smallest absolute Gasteiger partial charge is 0.101 e. The third-order valence-electron chi connectivity index (χ3n) is 2.91. The van der Waals surface area contributed by atoms with Crippen LogP contribution in [0.15, 0.2) is 18.2 Å². The summed E-state index contributed by atoms with van der Waals surface area (Å²) in [5.74, 6) is 0. The third kappa shape index (κ3) is 2.50. The number of nitriles is 1. The SMILES string of the molecule is CCC(C)N(C)c1cc(C)ccc1C#N. The molecule has 1 aromatic rings. The third-order valence-corrected chi connectivity index (χ3v) is 2.91. The Kier molecular flexibility index (Phi) is 3.74. The average Bonchev–Trinajstić information content (AvgIpc) is 2.27. The molecule has 1 aromatic carbocycles. The van der Waals surface area contributed by atoms with Gasteiger partial charge in [-0.1, -0.05) is 13.0 Å². The van der Waals surface area contributed by atoms with Gasteiger partial charge in [0.25, 0.3) is 0 Å². The van der Waals surface area contributed by atoms with Crippen LogP contribution < -0.4 is 4.90 Å². The van der Waals surface area contributed by atoms with Crippen molar-refractivity contribution in [1.82, 2.24) is 0 Å². The molecule has 0 amide bonds. The molecule has 0 saturated carbocycles. The lowest BCUT2D eigenvalue weighted by Crippen LogP contribution is -2.28. The molecule has 15 heavy (non-hydrogen) atoms. The van der Waals surface area contributed by atoms with Crippen LogP contribution in [-0.2, 0) is 0 Å². The van der Waals surface area contributed by atoms with E-state index in [1.54, 1.807) is 0 Å². The Balaban J connectivity index is 3.12. The normalized spacial score (nSPS) is 11.9. The second kappa shape index (κ2) is 4.84. The molecule has 2 nitrogen and oxygen atoms in total. The maximum atomic E-state index is 9.04. The minimum absolute atomic E-state index is 0.457. The van der Waals surface area contributed by atoms with E-state index in [1.165, 1.54) is 5.56 Å². The van der Waals surface area contributed by atoms with Crippen LogP contribution in [0.1, 0.15) is 31.4 Å². The number of nitrogens with zero attached hydrogens (tertiary/aromatic N) is 2. The van der Waals surface area contributed by atoms with Gasteiger partial charge in [0.15, 0.2) is 0 Å². The summed E-state index contributed by atoms with van der Waals surface area (Å²) in [5, 5.41) is 9.04. The standard InChI is InChI=1S/C13H18N2/c1-5-11(3)15(4)13-8-10(2)6-7-12(13)9-14/h6-8,11H,5H2,1-4H3. The van der Waals surface area contributed by atoms with Crippen molar-refractivity contribution < 1.29 is 0 Å². The Bertz CT molecular complexity index is 377. The first kappa shape index (κ1) is 11.6. The zero-order valence-corrected chi connectivity index (χ0v) is 9.91. The Labute approximate surface area is 92.1 Å². The van der Waals surface area contributed by atoms with Crippen LogP contribution in [0, 0.1) is 18.3 Å². The molecule has 0 aliphatic carbocycles. The van der Waals surface area contributed by atoms with Crippen LogP contribution in [0.5, 0.6) is 0 Å². The van der Waals surface area contributed by atoms with Crippen LogP contribution in [0.4, 0.5) is 5.69 Å². The van der Waals surface area contributed by atoms with Crippen molar-refractivity contribution in [3.63, 3.8) is 0 Å². The zero-order chi connectivity index (χ0) is 11.4. The molecule has 0 bridgehead atoms. The number of benzene rings is 1. The summed E-state index contributed by atoms with van der Waals surface area (Å²) < 4.78 is 0. The number of rotatable bonds is 3. The maximum Gasteiger partial charge on any atom is 0.101 e. The van der Waals surface area contributed by atoms with Gasteiger partial charge in [0.05, 0.1) is 11.3 Å². The predicted octanol–water partition coefficient (Wildman–Crippen LogP) is 3.10. The average molecular weight is 202 g/mol. The van der Waals surface area contributed by atoms with Gasteiger partial charge in [-0.05, 0) is 38.0 Å². The molecular weight excluding hydrogens is 184 g/mol. The van der Waals surface area contributed by atoms with Crippen molar-refractivity contribution in [3.8, 4) is 6.07 Å². The molecule has 0 aliphatic heterocycles. The summed E-state index contributed by atoms with van der Waals surface area (Å²) in [4.78, 5) is 2.17. The molecule has 1 rings (SSSR count). The summed E-state index contributed by atoms with van der Waals surface area (Å²) in [5.41, 5.74) is 2.98. The van der Waals surface area contributed by atoms with E-state index in [1.807, 2.05) is 19.2 Å². The van der Waals surface area contributed by atoms with E-state index in [4.69, 9.17) is 5.26 Å². The fraction of sp³-hybridized carbons (Fsp3) is 0.462. The molecule has 0 aliphatic rings. The lowest BCUT2D eigenvalue weighted by Gasteiger charge is -2.27. The molecule has 0 saturated heterocycles. The summed E-state index contributed by atoms with van der Waals surface area (Å²) >= 11 is 0. The van der Waals surface area contributed by atoms with Crippen molar-refractivity contribution in [2.24, 2.45) is 0 Å². The van der Waals surface area contributed by atoms with E-state index in [-0.39, 0.29) is 0 Å². The molecular formula is C13H18N2. The minimum Gasteiger partial charge on any atom is -0.371 e. The van der Waals surface area contributed by atoms with E-state index < -0.39 is 0 Å². The van der Waals surface area contributed by atoms with Gasteiger partial charge in [0, 0.05) is 13.1 Å². The van der Waals surface area contributed by atoms with Crippen molar-refractivity contribution in [2.75, 3.05) is 11.9 Å². The number of hydrogen-bond donors (Lipinski definition) is 0. The van der Waals surface area contributed by atoms with E-state index in [9.17, 15) is 0 Å². The Morgan fingerprint density at radius 2 is 2.13 bits per heavy atom. The second-order valence-corrected chi connectivity index (χ2v) is 4.00. The number of anilines is 1. The van der Waals surface area contributed by atoms with Crippen molar-refractivity contribution in [2.45, 2.75) is 33.2 Å². The molecule has 0 radical (unpaired) electrons. The van der Waals surface area contributed by atoms with Crippen LogP contribution in [0.25, 0.3) is 0 Å². The Morgan fingerprint density at radius 3 is 2.67 bits per heavy atom. The minimum atomic E-state index is 0.457. The van der Waals surface area contributed by atoms with Crippen molar-refractivity contribution in [3.05, 3.63) is 29.3 Å². The van der Waals surface area contributed by atoms with Gasteiger partial charge in [0.1, 0.15) is 6.07 Å². The molecule has 0 heterocycles. The quantitative estimate of drug-likeness (QED) is 0.753. The molecule has 1 unspecified atom stereocenters. The van der Waals surface area contributed by atoms with Crippen LogP contribution >= 0.6 is 0 Å². The lowest BCUT2D eigenvalue weighted by molar-refractivity contribution is 0.663. The highest BCUT2D eigenvalue weighted by molar-refractivity contribution is 5.60. The highest BCUT2D eigenvalue weighted by Gasteiger charge is 2.11. The first-order valence-corrected chi connectivity index (χ1v) is 5.33. The lowest BCUT2D eigenvalue weighted by atomic mass is 10.1. The molecule has 2 heteroatoms. The van der Waals surface area contributed by atoms with E-state index in [0.29, 0.717) is 6.04 Å². The highest BCUT2D eigenvalue weighted by atomic mass is 15.1. The second-order valence-electron chi connectivity index (χ2n) is 4.00. The summed E-state index contributed by atoms with van der Waals surface area (Å²) in [6.45, 7) is 6.38. The fourth-order valence-electron chi connectivity index (χ4n) is 1.54. The van der Waals surface area contributed by atoms with Crippen LogP contribution in [0.2, 0.25) is 0 Å². The number of hydrogen-bond acceptors (Lipinski definition) is 2. The Morgan fingerprint density at radius 1 is 1.47 bits per heavy atom. The van der Waals surface area contributed by atoms with Crippen LogP contribution in [0.3, 0.4) is 0 Å². The van der Waals surface area contributed by atoms with Gasteiger partial charge < -0.3 is 4.90 Å². The molecule has 0 spiro atoms. The maximum absolute atomic E-state index is 9.04.